The van der Waals surface area contributed by atoms with Crippen molar-refractivity contribution in [2.24, 2.45) is 5.10 Å². The number of para-hydroxylation sites is 1. The molecule has 0 aromatic heterocycles. The van der Waals surface area contributed by atoms with Crippen LogP contribution in [-0.4, -0.2) is 42.0 Å². The number of nitrogens with zero attached hydrogens (tertiary/aromatic N) is 2. The van der Waals surface area contributed by atoms with E-state index in [1.165, 1.54) is 80.9 Å². The zero-order valence-corrected chi connectivity index (χ0v) is 24.5. The number of non-ortho nitro benzene ring substituents is 1. The second-order valence-corrected chi connectivity index (χ2v) is 9.34. The molecule has 4 rings (SSSR count). The third kappa shape index (κ3) is 8.94. The minimum Gasteiger partial charge on any atom is -0.493 e. The summed E-state index contributed by atoms with van der Waals surface area (Å²) in [4.78, 5) is 59.7. The summed E-state index contributed by atoms with van der Waals surface area (Å²) in [5.41, 5.74) is 3.87. The number of nitrogens with one attached hydrogen (secondary N) is 2. The topological polar surface area (TPSA) is 176 Å². The Labute approximate surface area is 262 Å². The standard InChI is InChI=1S/C33H26N4O9/c1-21(38)45-29-15-14-24(19-30(29)44-2)32(40)35-26-10-6-9-23(18-26)33(41)36-34-20-25-8-3-4-12-28(25)46-31(39)16-13-22-7-5-11-27(17-22)37(42)43/h3-20H,1-2H3,(H,35,40)(H,36,41)/b16-13+,34-20?. The summed E-state index contributed by atoms with van der Waals surface area (Å²) < 4.78 is 15.6. The van der Waals surface area contributed by atoms with E-state index in [9.17, 15) is 29.3 Å². The summed E-state index contributed by atoms with van der Waals surface area (Å²) in [5.74, 6) is -1.80. The number of carbonyl (C=O) groups excluding carboxylic acids is 4. The molecule has 0 atom stereocenters. The predicted octanol–water partition coefficient (Wildman–Crippen LogP) is 5.16. The molecule has 0 unspecified atom stereocenters. The molecule has 4 aromatic rings. The highest BCUT2D eigenvalue weighted by Gasteiger charge is 2.14. The zero-order valence-electron chi connectivity index (χ0n) is 24.5. The monoisotopic (exact) mass is 622 g/mol. The molecule has 0 heterocycles. The van der Waals surface area contributed by atoms with Crippen LogP contribution in [0.2, 0.25) is 0 Å². The van der Waals surface area contributed by atoms with Gasteiger partial charge < -0.3 is 19.5 Å². The number of methoxy groups -OCH3 is 1. The van der Waals surface area contributed by atoms with Crippen LogP contribution in [0.25, 0.3) is 6.08 Å². The highest BCUT2D eigenvalue weighted by molar-refractivity contribution is 6.05. The van der Waals surface area contributed by atoms with Crippen LogP contribution in [0.5, 0.6) is 17.2 Å². The number of rotatable bonds is 11. The Balaban J connectivity index is 1.37. The molecule has 232 valence electrons. The van der Waals surface area contributed by atoms with Crippen molar-refractivity contribution in [3.8, 4) is 17.2 Å². The number of ether oxygens (including phenoxy) is 3. The molecule has 4 aromatic carbocycles. The Kier molecular flexibility index (Phi) is 10.7. The van der Waals surface area contributed by atoms with Crippen molar-refractivity contribution >= 4 is 47.4 Å². The van der Waals surface area contributed by atoms with Gasteiger partial charge in [-0.2, -0.15) is 5.10 Å². The Morgan fingerprint density at radius 3 is 2.33 bits per heavy atom. The van der Waals surface area contributed by atoms with E-state index in [1.807, 2.05) is 0 Å². The number of carbonyl (C=O) groups is 4. The first-order valence-electron chi connectivity index (χ1n) is 13.5. The highest BCUT2D eigenvalue weighted by Crippen LogP contribution is 2.28. The van der Waals surface area contributed by atoms with E-state index in [4.69, 9.17) is 14.2 Å². The molecule has 0 bridgehead atoms. The molecule has 2 N–H and O–H groups in total. The molecule has 0 fully saturated rings. The number of esters is 2. The average molecular weight is 623 g/mol. The third-order valence-electron chi connectivity index (χ3n) is 6.05. The Bertz CT molecular complexity index is 1870. The predicted molar refractivity (Wildman–Crippen MR) is 168 cm³/mol. The number of anilines is 1. The van der Waals surface area contributed by atoms with Gasteiger partial charge in [0.1, 0.15) is 5.75 Å². The Morgan fingerprint density at radius 2 is 1.57 bits per heavy atom. The van der Waals surface area contributed by atoms with E-state index in [0.29, 0.717) is 16.8 Å². The van der Waals surface area contributed by atoms with Crippen LogP contribution < -0.4 is 25.0 Å². The molecular weight excluding hydrogens is 596 g/mol. The van der Waals surface area contributed by atoms with Crippen LogP contribution in [-0.2, 0) is 9.59 Å². The normalized spacial score (nSPS) is 10.7. The van der Waals surface area contributed by atoms with Crippen molar-refractivity contribution in [3.63, 3.8) is 0 Å². The second kappa shape index (κ2) is 15.2. The summed E-state index contributed by atoms with van der Waals surface area (Å²) in [7, 11) is 1.38. The molecule has 13 nitrogen and oxygen atoms in total. The molecule has 2 amide bonds. The lowest BCUT2D eigenvalue weighted by atomic mass is 10.1. The van der Waals surface area contributed by atoms with Gasteiger partial charge >= 0.3 is 11.9 Å². The van der Waals surface area contributed by atoms with Gasteiger partial charge in [-0.15, -0.1) is 0 Å². The number of hydrogen-bond donors (Lipinski definition) is 2. The quantitative estimate of drug-likeness (QED) is 0.0571. The van der Waals surface area contributed by atoms with Crippen LogP contribution in [0.4, 0.5) is 11.4 Å². The Hall–Kier alpha value is -6.63. The fourth-order valence-corrected chi connectivity index (χ4v) is 3.94. The lowest BCUT2D eigenvalue weighted by Gasteiger charge is -2.11. The number of hydrazone groups is 1. The summed E-state index contributed by atoms with van der Waals surface area (Å²) in [6, 6.07) is 22.7. The van der Waals surface area contributed by atoms with Crippen LogP contribution in [0.3, 0.4) is 0 Å². The van der Waals surface area contributed by atoms with Gasteiger partial charge in [-0.1, -0.05) is 30.3 Å². The lowest BCUT2D eigenvalue weighted by molar-refractivity contribution is -0.384. The van der Waals surface area contributed by atoms with Crippen molar-refractivity contribution in [1.82, 2.24) is 5.43 Å². The van der Waals surface area contributed by atoms with Gasteiger partial charge in [-0.3, -0.25) is 24.5 Å². The van der Waals surface area contributed by atoms with Crippen molar-refractivity contribution in [1.29, 1.82) is 0 Å². The molecule has 0 saturated carbocycles. The summed E-state index contributed by atoms with van der Waals surface area (Å²) in [5, 5.41) is 17.6. The van der Waals surface area contributed by atoms with E-state index in [0.717, 1.165) is 6.08 Å². The molecule has 0 radical (unpaired) electrons. The smallest absolute Gasteiger partial charge is 0.336 e. The molecule has 13 heteroatoms. The molecule has 46 heavy (non-hydrogen) atoms. The third-order valence-corrected chi connectivity index (χ3v) is 6.05. The molecule has 0 spiro atoms. The number of nitro groups is 1. The minimum atomic E-state index is -0.728. The number of nitro benzene ring substituents is 1. The minimum absolute atomic E-state index is 0.110. The van der Waals surface area contributed by atoms with Gasteiger partial charge in [-0.25, -0.2) is 10.2 Å². The maximum absolute atomic E-state index is 12.8. The first-order chi connectivity index (χ1) is 22.1. The van der Waals surface area contributed by atoms with Gasteiger partial charge in [0.2, 0.25) is 0 Å². The Morgan fingerprint density at radius 1 is 0.804 bits per heavy atom. The van der Waals surface area contributed by atoms with Crippen molar-refractivity contribution in [2.45, 2.75) is 6.92 Å². The first-order valence-corrected chi connectivity index (χ1v) is 13.5. The van der Waals surface area contributed by atoms with Crippen LogP contribution in [0, 0.1) is 10.1 Å². The highest BCUT2D eigenvalue weighted by atomic mass is 16.6. The maximum atomic E-state index is 12.8. The van der Waals surface area contributed by atoms with Crippen LogP contribution in [0.15, 0.2) is 102 Å². The fraction of sp³-hybridized carbons (Fsp3) is 0.0606. The van der Waals surface area contributed by atoms with E-state index in [1.54, 1.807) is 36.4 Å². The fourth-order valence-electron chi connectivity index (χ4n) is 3.94. The average Bonchev–Trinajstić information content (AvgIpc) is 3.04. The molecule has 0 aliphatic rings. The summed E-state index contributed by atoms with van der Waals surface area (Å²) >= 11 is 0. The van der Waals surface area contributed by atoms with Crippen molar-refractivity contribution < 1.29 is 38.3 Å². The zero-order chi connectivity index (χ0) is 33.1. The lowest BCUT2D eigenvalue weighted by Crippen LogP contribution is -2.18. The van der Waals surface area contributed by atoms with Crippen LogP contribution >= 0.6 is 0 Å². The number of benzene rings is 4. The summed E-state index contributed by atoms with van der Waals surface area (Å²) in [6.07, 6.45) is 3.82. The van der Waals surface area contributed by atoms with Gasteiger partial charge in [0.05, 0.1) is 18.2 Å². The van der Waals surface area contributed by atoms with E-state index < -0.39 is 28.7 Å². The number of hydrogen-bond acceptors (Lipinski definition) is 10. The van der Waals surface area contributed by atoms with Gasteiger partial charge in [-0.05, 0) is 60.2 Å². The summed E-state index contributed by atoms with van der Waals surface area (Å²) in [6.45, 7) is 1.25. The second-order valence-electron chi connectivity index (χ2n) is 9.34. The molecule has 0 aliphatic carbocycles. The van der Waals surface area contributed by atoms with Gasteiger partial charge in [0.25, 0.3) is 17.5 Å². The van der Waals surface area contributed by atoms with Crippen molar-refractivity contribution in [2.75, 3.05) is 12.4 Å². The SMILES string of the molecule is COc1cc(C(=O)Nc2cccc(C(=O)NN=Cc3ccccc3OC(=O)/C=C/c3cccc([N+](=O)[O-])c3)c2)ccc1OC(C)=O. The van der Waals surface area contributed by atoms with Gasteiger partial charge in [0, 0.05) is 47.5 Å². The van der Waals surface area contributed by atoms with E-state index in [2.05, 4.69) is 15.8 Å². The van der Waals surface area contributed by atoms with E-state index in [-0.39, 0.29) is 34.1 Å². The molecule has 0 aliphatic heterocycles. The van der Waals surface area contributed by atoms with Crippen LogP contribution in [0.1, 0.15) is 38.8 Å². The number of amides is 2. The molecule has 0 saturated heterocycles. The van der Waals surface area contributed by atoms with Crippen molar-refractivity contribution in [3.05, 3.63) is 129 Å². The largest absolute Gasteiger partial charge is 0.493 e. The van der Waals surface area contributed by atoms with Gasteiger partial charge in [0.15, 0.2) is 11.5 Å². The van der Waals surface area contributed by atoms with E-state index >= 15 is 0 Å². The first kappa shape index (κ1) is 32.3. The maximum Gasteiger partial charge on any atom is 0.336 e. The molecular formula is C33H26N4O9.